The Labute approximate surface area is 178 Å². The van der Waals surface area contributed by atoms with Crippen LogP contribution in [0.1, 0.15) is 73.1 Å². The second-order valence-electron chi connectivity index (χ2n) is 11.7. The Hall–Kier alpha value is -0.433. The maximum Gasteiger partial charge on any atom is 0.226 e. The first-order valence-corrected chi connectivity index (χ1v) is 14.7. The molecule has 5 nitrogen and oxygen atoms in total. The van der Waals surface area contributed by atoms with Gasteiger partial charge in [-0.05, 0) is 43.3 Å². The van der Waals surface area contributed by atoms with Crippen LogP contribution in [0.2, 0.25) is 18.1 Å². The molecule has 3 heterocycles. The first kappa shape index (κ1) is 21.8. The summed E-state index contributed by atoms with van der Waals surface area (Å²) in [5, 5.41) is 0.141. The van der Waals surface area contributed by atoms with Gasteiger partial charge in [-0.15, -0.1) is 0 Å². The molecule has 5 atom stereocenters. The maximum atomic E-state index is 13.3. The van der Waals surface area contributed by atoms with E-state index in [1.54, 1.807) is 0 Å². The second-order valence-corrected chi connectivity index (χ2v) is 16.5. The number of hydrogen-bond acceptors (Lipinski definition) is 4. The van der Waals surface area contributed by atoms with Crippen molar-refractivity contribution in [2.45, 2.75) is 121 Å². The monoisotopic (exact) mass is 423 g/mol. The van der Waals surface area contributed by atoms with Crippen LogP contribution in [0.4, 0.5) is 0 Å². The summed E-state index contributed by atoms with van der Waals surface area (Å²) in [7, 11) is -1.96. The Morgan fingerprint density at radius 1 is 1.14 bits per heavy atom. The van der Waals surface area contributed by atoms with Crippen molar-refractivity contribution in [2.24, 2.45) is 11.8 Å². The lowest BCUT2D eigenvalue weighted by Gasteiger charge is -2.48. The fourth-order valence-corrected chi connectivity index (χ4v) is 6.87. The molecule has 0 bridgehead atoms. The molecule has 4 fully saturated rings. The van der Waals surface area contributed by atoms with Gasteiger partial charge in [-0.1, -0.05) is 41.0 Å². The Bertz CT molecular complexity index is 637. The van der Waals surface area contributed by atoms with Crippen molar-refractivity contribution in [2.75, 3.05) is 6.54 Å². The molecule has 4 aliphatic rings. The van der Waals surface area contributed by atoms with Gasteiger partial charge in [0.15, 0.2) is 14.1 Å². The minimum absolute atomic E-state index is 0.00141. The standard InChI is InChI=1S/C23H41NO4Si/c1-15(2)16-13-17(28-29(6,7)22(3,4)5)19-20-18(14-24(19)21(16)25)26-23(27-20)11-9-8-10-12-23/h15-20H,8-14H2,1-7H3/t16-,17-,18-,19-,20-/m1/s1. The van der Waals surface area contributed by atoms with Gasteiger partial charge in [-0.3, -0.25) is 4.79 Å². The van der Waals surface area contributed by atoms with Crippen LogP contribution >= 0.6 is 0 Å². The lowest BCUT2D eigenvalue weighted by molar-refractivity contribution is -0.212. The molecule has 1 aliphatic carbocycles. The minimum atomic E-state index is -1.96. The third-order valence-corrected chi connectivity index (χ3v) is 12.8. The highest BCUT2D eigenvalue weighted by Gasteiger charge is 2.62. The topological polar surface area (TPSA) is 48.0 Å². The van der Waals surface area contributed by atoms with Gasteiger partial charge < -0.3 is 18.8 Å². The third kappa shape index (κ3) is 3.72. The van der Waals surface area contributed by atoms with Gasteiger partial charge in [-0.25, -0.2) is 0 Å². The van der Waals surface area contributed by atoms with Crippen LogP contribution in [-0.4, -0.2) is 55.8 Å². The molecule has 166 valence electrons. The van der Waals surface area contributed by atoms with Crippen LogP contribution in [0.5, 0.6) is 0 Å². The van der Waals surface area contributed by atoms with Crippen molar-refractivity contribution in [1.29, 1.82) is 0 Å². The molecule has 0 N–H and O–H groups in total. The van der Waals surface area contributed by atoms with Crippen LogP contribution in [0.3, 0.4) is 0 Å². The summed E-state index contributed by atoms with van der Waals surface area (Å²) in [5.41, 5.74) is 0. The average molecular weight is 424 g/mol. The molecule has 6 heteroatoms. The van der Waals surface area contributed by atoms with Crippen molar-refractivity contribution in [3.05, 3.63) is 0 Å². The SMILES string of the molecule is CC(C)[C@H]1C[C@@H](O[Si](C)(C)C(C)(C)C)[C@@H]2[C@@H]3OC4(CCCCC4)O[C@@H]3CN2C1=O. The molecule has 4 rings (SSSR count). The molecule has 0 aromatic heterocycles. The summed E-state index contributed by atoms with van der Waals surface area (Å²) in [4.78, 5) is 15.4. The van der Waals surface area contributed by atoms with Crippen LogP contribution < -0.4 is 0 Å². The zero-order valence-electron chi connectivity index (χ0n) is 19.5. The number of amides is 1. The number of piperidine rings is 1. The highest BCUT2D eigenvalue weighted by molar-refractivity contribution is 6.74. The van der Waals surface area contributed by atoms with E-state index in [0.717, 1.165) is 19.3 Å². The highest BCUT2D eigenvalue weighted by Crippen LogP contribution is 2.49. The molecule has 0 unspecified atom stereocenters. The van der Waals surface area contributed by atoms with Gasteiger partial charge in [0.1, 0.15) is 12.2 Å². The second kappa shape index (κ2) is 7.32. The number of carbonyl (C=O) groups is 1. The minimum Gasteiger partial charge on any atom is -0.412 e. The summed E-state index contributed by atoms with van der Waals surface area (Å²) in [6.45, 7) is 16.5. The summed E-state index contributed by atoms with van der Waals surface area (Å²) < 4.78 is 20.2. The molecular formula is C23H41NO4Si. The van der Waals surface area contributed by atoms with E-state index in [4.69, 9.17) is 13.9 Å². The molecule has 0 radical (unpaired) electrons. The predicted octanol–water partition coefficient (Wildman–Crippen LogP) is 4.71. The largest absolute Gasteiger partial charge is 0.412 e. The first-order valence-electron chi connectivity index (χ1n) is 11.8. The van der Waals surface area contributed by atoms with Crippen molar-refractivity contribution >= 4 is 14.2 Å². The van der Waals surface area contributed by atoms with E-state index in [1.807, 2.05) is 0 Å². The number of ether oxygens (including phenoxy) is 2. The van der Waals surface area contributed by atoms with Crippen LogP contribution in [-0.2, 0) is 18.7 Å². The normalized spacial score (nSPS) is 37.3. The lowest BCUT2D eigenvalue weighted by atomic mass is 9.82. The summed E-state index contributed by atoms with van der Waals surface area (Å²) >= 11 is 0. The Balaban J connectivity index is 1.61. The average Bonchev–Trinajstić information content (AvgIpc) is 3.11. The maximum absolute atomic E-state index is 13.3. The molecule has 1 saturated carbocycles. The van der Waals surface area contributed by atoms with Gasteiger partial charge >= 0.3 is 0 Å². The van der Waals surface area contributed by atoms with E-state index in [1.165, 1.54) is 19.3 Å². The molecule has 0 aromatic carbocycles. The number of nitrogens with zero attached hydrogens (tertiary/aromatic N) is 1. The molecule has 3 saturated heterocycles. The first-order chi connectivity index (χ1) is 13.4. The number of carbonyl (C=O) groups excluding carboxylic acids is 1. The third-order valence-electron chi connectivity index (χ3n) is 8.30. The fraction of sp³-hybridized carbons (Fsp3) is 0.957. The van der Waals surface area contributed by atoms with E-state index in [-0.39, 0.29) is 41.2 Å². The van der Waals surface area contributed by atoms with Crippen LogP contribution in [0.15, 0.2) is 0 Å². The van der Waals surface area contributed by atoms with E-state index >= 15 is 0 Å². The quantitative estimate of drug-likeness (QED) is 0.617. The van der Waals surface area contributed by atoms with Crippen molar-refractivity contribution < 1.29 is 18.7 Å². The van der Waals surface area contributed by atoms with Crippen molar-refractivity contribution in [1.82, 2.24) is 4.90 Å². The van der Waals surface area contributed by atoms with E-state index in [9.17, 15) is 4.79 Å². The van der Waals surface area contributed by atoms with E-state index in [2.05, 4.69) is 52.6 Å². The zero-order valence-corrected chi connectivity index (χ0v) is 20.5. The number of rotatable bonds is 3. The Morgan fingerprint density at radius 2 is 1.79 bits per heavy atom. The molecule has 1 spiro atoms. The Morgan fingerprint density at radius 3 is 2.38 bits per heavy atom. The van der Waals surface area contributed by atoms with Gasteiger partial charge in [0.25, 0.3) is 0 Å². The van der Waals surface area contributed by atoms with Gasteiger partial charge in [0, 0.05) is 18.8 Å². The van der Waals surface area contributed by atoms with Gasteiger partial charge in [0.2, 0.25) is 5.91 Å². The van der Waals surface area contributed by atoms with Crippen LogP contribution in [0.25, 0.3) is 0 Å². The summed E-state index contributed by atoms with van der Waals surface area (Å²) in [6, 6.07) is -0.00192. The molecule has 0 aromatic rings. The number of fused-ring (bicyclic) bond motifs is 3. The van der Waals surface area contributed by atoms with Crippen molar-refractivity contribution in [3.63, 3.8) is 0 Å². The number of hydrogen-bond donors (Lipinski definition) is 0. The van der Waals surface area contributed by atoms with Gasteiger partial charge in [0.05, 0.1) is 18.7 Å². The summed E-state index contributed by atoms with van der Waals surface area (Å²) in [6.07, 6.45) is 6.40. The smallest absolute Gasteiger partial charge is 0.226 e. The van der Waals surface area contributed by atoms with Gasteiger partial charge in [-0.2, -0.15) is 0 Å². The molecule has 1 amide bonds. The lowest BCUT2D eigenvalue weighted by Crippen LogP contribution is -2.60. The zero-order chi connectivity index (χ0) is 21.2. The molecule has 29 heavy (non-hydrogen) atoms. The molecule has 3 aliphatic heterocycles. The predicted molar refractivity (Wildman–Crippen MR) is 116 cm³/mol. The van der Waals surface area contributed by atoms with E-state index in [0.29, 0.717) is 12.5 Å². The fourth-order valence-electron chi connectivity index (χ4n) is 5.53. The van der Waals surface area contributed by atoms with E-state index < -0.39 is 14.1 Å². The van der Waals surface area contributed by atoms with Crippen LogP contribution in [0, 0.1) is 11.8 Å². The molecular weight excluding hydrogens is 382 g/mol. The van der Waals surface area contributed by atoms with Crippen molar-refractivity contribution in [3.8, 4) is 0 Å². The summed E-state index contributed by atoms with van der Waals surface area (Å²) in [5.74, 6) is 0.225. The Kier molecular flexibility index (Phi) is 5.50. The highest BCUT2D eigenvalue weighted by atomic mass is 28.4.